The second-order valence-corrected chi connectivity index (χ2v) is 2.43. The van der Waals surface area contributed by atoms with Crippen LogP contribution in [0.25, 0.3) is 0 Å². The van der Waals surface area contributed by atoms with Gasteiger partial charge in [0, 0.05) is 0 Å². The lowest BCUT2D eigenvalue weighted by molar-refractivity contribution is -0.119. The normalized spacial score (nSPS) is 21.8. The molecule has 1 aliphatic rings. The van der Waals surface area contributed by atoms with Crippen LogP contribution in [0, 0.1) is 0 Å². The van der Waals surface area contributed by atoms with Crippen molar-refractivity contribution in [3.05, 3.63) is 0 Å². The zero-order valence-corrected chi connectivity index (χ0v) is 6.83. The SMILES string of the molecule is CCOC(=O)O[C@H]1CNC(=O)C1. The Kier molecular flexibility index (Phi) is 2.90. The molecule has 0 aromatic heterocycles. The Morgan fingerprint density at radius 1 is 1.75 bits per heavy atom. The van der Waals surface area contributed by atoms with Crippen LogP contribution < -0.4 is 5.32 Å². The van der Waals surface area contributed by atoms with Gasteiger partial charge in [0.15, 0.2) is 0 Å². The van der Waals surface area contributed by atoms with Crippen molar-refractivity contribution in [3.8, 4) is 0 Å². The first-order valence-electron chi connectivity index (χ1n) is 3.82. The van der Waals surface area contributed by atoms with Crippen molar-refractivity contribution in [1.82, 2.24) is 5.32 Å². The van der Waals surface area contributed by atoms with Gasteiger partial charge in [0.2, 0.25) is 5.91 Å². The van der Waals surface area contributed by atoms with Crippen LogP contribution in [-0.2, 0) is 14.3 Å². The molecule has 0 aliphatic carbocycles. The Morgan fingerprint density at radius 3 is 3.00 bits per heavy atom. The fraction of sp³-hybridized carbons (Fsp3) is 0.714. The molecule has 1 N–H and O–H groups in total. The van der Waals surface area contributed by atoms with Gasteiger partial charge in [-0.25, -0.2) is 4.79 Å². The molecule has 5 heteroatoms. The second-order valence-electron chi connectivity index (χ2n) is 2.43. The molecule has 0 radical (unpaired) electrons. The number of nitrogens with one attached hydrogen (secondary N) is 1. The Morgan fingerprint density at radius 2 is 2.50 bits per heavy atom. The van der Waals surface area contributed by atoms with E-state index < -0.39 is 6.16 Å². The molecule has 0 unspecified atom stereocenters. The van der Waals surface area contributed by atoms with Crippen LogP contribution in [0.4, 0.5) is 4.79 Å². The quantitative estimate of drug-likeness (QED) is 0.599. The van der Waals surface area contributed by atoms with Gasteiger partial charge >= 0.3 is 6.16 Å². The number of carbonyl (C=O) groups excluding carboxylic acids is 2. The summed E-state index contributed by atoms with van der Waals surface area (Å²) in [7, 11) is 0. The monoisotopic (exact) mass is 173 g/mol. The van der Waals surface area contributed by atoms with E-state index in [4.69, 9.17) is 4.74 Å². The van der Waals surface area contributed by atoms with Crippen LogP contribution in [-0.4, -0.2) is 31.3 Å². The van der Waals surface area contributed by atoms with E-state index in [-0.39, 0.29) is 25.0 Å². The number of hydrogen-bond acceptors (Lipinski definition) is 4. The zero-order chi connectivity index (χ0) is 8.97. The number of amides is 1. The topological polar surface area (TPSA) is 64.6 Å². The highest BCUT2D eigenvalue weighted by atomic mass is 16.7. The number of hydrogen-bond donors (Lipinski definition) is 1. The summed E-state index contributed by atoms with van der Waals surface area (Å²) >= 11 is 0. The van der Waals surface area contributed by atoms with Crippen molar-refractivity contribution in [1.29, 1.82) is 0 Å². The van der Waals surface area contributed by atoms with E-state index in [1.54, 1.807) is 6.92 Å². The molecule has 5 nitrogen and oxygen atoms in total. The lowest BCUT2D eigenvalue weighted by Gasteiger charge is -2.08. The lowest BCUT2D eigenvalue weighted by Crippen LogP contribution is -2.21. The Labute approximate surface area is 70.0 Å². The molecule has 1 saturated heterocycles. The van der Waals surface area contributed by atoms with Crippen molar-refractivity contribution in [2.75, 3.05) is 13.2 Å². The minimum Gasteiger partial charge on any atom is -0.435 e. The highest BCUT2D eigenvalue weighted by Gasteiger charge is 2.25. The van der Waals surface area contributed by atoms with E-state index >= 15 is 0 Å². The number of rotatable bonds is 2. The Bertz CT molecular complexity index is 192. The van der Waals surface area contributed by atoms with Crippen LogP contribution in [0.5, 0.6) is 0 Å². The van der Waals surface area contributed by atoms with E-state index in [0.717, 1.165) is 0 Å². The fourth-order valence-electron chi connectivity index (χ4n) is 0.950. The lowest BCUT2D eigenvalue weighted by atomic mass is 10.3. The van der Waals surface area contributed by atoms with E-state index in [0.29, 0.717) is 6.54 Å². The average molecular weight is 173 g/mol. The smallest absolute Gasteiger partial charge is 0.435 e. The van der Waals surface area contributed by atoms with Crippen molar-refractivity contribution >= 4 is 12.1 Å². The Hall–Kier alpha value is -1.26. The van der Waals surface area contributed by atoms with Crippen LogP contribution in [0.2, 0.25) is 0 Å². The summed E-state index contributed by atoms with van der Waals surface area (Å²) in [6.45, 7) is 2.36. The number of carbonyl (C=O) groups is 2. The minimum absolute atomic E-state index is 0.0932. The van der Waals surface area contributed by atoms with Gasteiger partial charge in [-0.15, -0.1) is 0 Å². The first kappa shape index (κ1) is 8.83. The highest BCUT2D eigenvalue weighted by Crippen LogP contribution is 2.05. The maximum Gasteiger partial charge on any atom is 0.508 e. The van der Waals surface area contributed by atoms with Crippen LogP contribution in [0.1, 0.15) is 13.3 Å². The summed E-state index contributed by atoms with van der Waals surface area (Å²) in [5.74, 6) is -0.0932. The van der Waals surface area contributed by atoms with Gasteiger partial charge in [-0.2, -0.15) is 0 Å². The number of ether oxygens (including phenoxy) is 2. The maximum atomic E-state index is 10.7. The molecule has 0 bridgehead atoms. The maximum absolute atomic E-state index is 10.7. The molecule has 0 spiro atoms. The minimum atomic E-state index is -0.709. The van der Waals surface area contributed by atoms with Gasteiger partial charge in [-0.05, 0) is 6.92 Å². The van der Waals surface area contributed by atoms with Gasteiger partial charge in [0.25, 0.3) is 0 Å². The van der Waals surface area contributed by atoms with Gasteiger partial charge in [-0.1, -0.05) is 0 Å². The summed E-state index contributed by atoms with van der Waals surface area (Å²) in [6, 6.07) is 0. The van der Waals surface area contributed by atoms with Gasteiger partial charge in [-0.3, -0.25) is 4.79 Å². The summed E-state index contributed by atoms with van der Waals surface area (Å²) in [6.07, 6.45) is -0.839. The molecular weight excluding hydrogens is 162 g/mol. The molecule has 1 fully saturated rings. The summed E-state index contributed by atoms with van der Waals surface area (Å²) in [5, 5.41) is 2.55. The molecule has 1 aliphatic heterocycles. The van der Waals surface area contributed by atoms with Crippen molar-refractivity contribution in [2.45, 2.75) is 19.4 Å². The van der Waals surface area contributed by atoms with Crippen LogP contribution in [0.15, 0.2) is 0 Å². The predicted octanol–water partition coefficient (Wildman–Crippen LogP) is 0.0480. The van der Waals surface area contributed by atoms with E-state index in [2.05, 4.69) is 10.1 Å². The predicted molar refractivity (Wildman–Crippen MR) is 39.5 cm³/mol. The fourth-order valence-corrected chi connectivity index (χ4v) is 0.950. The van der Waals surface area contributed by atoms with Crippen LogP contribution in [0.3, 0.4) is 0 Å². The molecule has 1 heterocycles. The standard InChI is InChI=1S/C7H11NO4/c1-2-11-7(10)12-5-3-6(9)8-4-5/h5H,2-4H2,1H3,(H,8,9)/t5-/m1/s1. The Balaban J connectivity index is 2.23. The zero-order valence-electron chi connectivity index (χ0n) is 6.83. The summed E-state index contributed by atoms with van der Waals surface area (Å²) < 4.78 is 9.32. The third-order valence-corrected chi connectivity index (χ3v) is 1.47. The average Bonchev–Trinajstić information content (AvgIpc) is 2.36. The first-order chi connectivity index (χ1) is 5.72. The molecule has 0 saturated carbocycles. The molecule has 12 heavy (non-hydrogen) atoms. The van der Waals surface area contributed by atoms with Crippen molar-refractivity contribution < 1.29 is 19.1 Å². The van der Waals surface area contributed by atoms with Gasteiger partial charge < -0.3 is 14.8 Å². The molecule has 1 rings (SSSR count). The van der Waals surface area contributed by atoms with Gasteiger partial charge in [0.05, 0.1) is 19.6 Å². The van der Waals surface area contributed by atoms with Crippen molar-refractivity contribution in [3.63, 3.8) is 0 Å². The van der Waals surface area contributed by atoms with Crippen molar-refractivity contribution in [2.24, 2.45) is 0 Å². The third kappa shape index (κ3) is 2.41. The largest absolute Gasteiger partial charge is 0.508 e. The van der Waals surface area contributed by atoms with E-state index in [1.807, 2.05) is 0 Å². The molecule has 68 valence electrons. The summed E-state index contributed by atoms with van der Waals surface area (Å²) in [5.41, 5.74) is 0. The third-order valence-electron chi connectivity index (χ3n) is 1.47. The van der Waals surface area contributed by atoms with E-state index in [1.165, 1.54) is 0 Å². The van der Waals surface area contributed by atoms with E-state index in [9.17, 15) is 9.59 Å². The second kappa shape index (κ2) is 3.94. The molecule has 1 atom stereocenters. The molecule has 0 aromatic carbocycles. The first-order valence-corrected chi connectivity index (χ1v) is 3.82. The molecule has 1 amide bonds. The highest BCUT2D eigenvalue weighted by molar-refractivity contribution is 5.79. The van der Waals surface area contributed by atoms with Crippen LogP contribution >= 0.6 is 0 Å². The van der Waals surface area contributed by atoms with Gasteiger partial charge in [0.1, 0.15) is 6.10 Å². The molecule has 0 aromatic rings. The molecular formula is C7H11NO4. The summed E-state index contributed by atoms with van der Waals surface area (Å²) in [4.78, 5) is 21.4.